The Morgan fingerprint density at radius 2 is 1.95 bits per heavy atom. The molecule has 0 amide bonds. The second kappa shape index (κ2) is 12.1. The second-order valence-corrected chi connectivity index (χ2v) is 10.5. The lowest BCUT2D eigenvalue weighted by molar-refractivity contribution is -0.139. The third-order valence-corrected chi connectivity index (χ3v) is 7.79. The Morgan fingerprint density at radius 1 is 1.23 bits per heavy atom. The van der Waals surface area contributed by atoms with Crippen LogP contribution in [-0.2, 0) is 9.53 Å². The van der Waals surface area contributed by atoms with E-state index in [1.807, 2.05) is 0 Å². The molecule has 2 aromatic carbocycles. The van der Waals surface area contributed by atoms with Gasteiger partial charge in [-0.2, -0.15) is 0 Å². The van der Waals surface area contributed by atoms with E-state index in [1.54, 1.807) is 50.3 Å². The van der Waals surface area contributed by atoms with E-state index in [1.165, 1.54) is 30.1 Å². The predicted molar refractivity (Wildman–Crippen MR) is 153 cm³/mol. The highest BCUT2D eigenvalue weighted by atomic mass is 79.9. The molecule has 1 aliphatic heterocycles. The smallest absolute Gasteiger partial charge is 0.338 e. The SMILES string of the molecule is C#CCOc1ccc(Cl)cc1/C=c1\sc2n(c1=O)[C@H](c1cc(OC)c(OC)cc1Br)C(C(=O)OCC)=C(C)N=2. The van der Waals surface area contributed by atoms with Gasteiger partial charge in [0.2, 0.25) is 0 Å². The molecule has 11 heteroatoms. The van der Waals surface area contributed by atoms with Gasteiger partial charge in [-0.05, 0) is 55.8 Å². The van der Waals surface area contributed by atoms with Crippen molar-refractivity contribution in [2.45, 2.75) is 19.9 Å². The van der Waals surface area contributed by atoms with Crippen LogP contribution >= 0.6 is 38.9 Å². The van der Waals surface area contributed by atoms with Crippen molar-refractivity contribution in [2.24, 2.45) is 4.99 Å². The summed E-state index contributed by atoms with van der Waals surface area (Å²) in [6, 6.07) is 7.65. The van der Waals surface area contributed by atoms with Gasteiger partial charge in [0.05, 0.1) is 42.7 Å². The van der Waals surface area contributed by atoms with Crippen LogP contribution in [0.5, 0.6) is 17.2 Å². The summed E-state index contributed by atoms with van der Waals surface area (Å²) < 4.78 is 24.4. The molecule has 0 aliphatic carbocycles. The lowest BCUT2D eigenvalue weighted by Gasteiger charge is -2.26. The lowest BCUT2D eigenvalue weighted by atomic mass is 9.95. The largest absolute Gasteiger partial charge is 0.493 e. The summed E-state index contributed by atoms with van der Waals surface area (Å²) in [7, 11) is 3.04. The molecule has 0 spiro atoms. The second-order valence-electron chi connectivity index (χ2n) is 8.21. The Bertz CT molecular complexity index is 1700. The Labute approximate surface area is 242 Å². The zero-order valence-electron chi connectivity index (χ0n) is 21.5. The van der Waals surface area contributed by atoms with Crippen LogP contribution in [-0.4, -0.2) is 38.0 Å². The van der Waals surface area contributed by atoms with Gasteiger partial charge in [0.25, 0.3) is 5.56 Å². The number of hydrogen-bond acceptors (Lipinski definition) is 8. The minimum absolute atomic E-state index is 0.0547. The highest BCUT2D eigenvalue weighted by Crippen LogP contribution is 2.40. The van der Waals surface area contributed by atoms with Crippen molar-refractivity contribution in [3.05, 3.63) is 81.9 Å². The number of methoxy groups -OCH3 is 2. The van der Waals surface area contributed by atoms with Crippen molar-refractivity contribution in [1.29, 1.82) is 0 Å². The molecule has 0 unspecified atom stereocenters. The molecule has 1 atom stereocenters. The van der Waals surface area contributed by atoms with Crippen molar-refractivity contribution in [3.63, 3.8) is 0 Å². The van der Waals surface area contributed by atoms with Crippen LogP contribution in [0.15, 0.2) is 55.9 Å². The number of rotatable bonds is 8. The highest BCUT2D eigenvalue weighted by Gasteiger charge is 2.35. The minimum Gasteiger partial charge on any atom is -0.493 e. The molecule has 0 saturated heterocycles. The van der Waals surface area contributed by atoms with Crippen LogP contribution < -0.4 is 29.1 Å². The standard InChI is InChI=1S/C28H24BrClN2O6S/c1-6-10-38-20-9-8-17(30)11-16(20)12-23-26(33)32-25(18-13-21(35-4)22(36-5)14-19(18)29)24(27(34)37-7-2)15(3)31-28(32)39-23/h1,8-9,11-14,25H,7,10H2,2-5H3/b23-12-/t25-/m1/s1. The number of thiazole rings is 1. The number of esters is 1. The van der Waals surface area contributed by atoms with Gasteiger partial charge in [0.15, 0.2) is 16.3 Å². The van der Waals surface area contributed by atoms with Crippen LogP contribution in [0, 0.1) is 12.3 Å². The molecule has 0 fully saturated rings. The number of hydrogen-bond donors (Lipinski definition) is 0. The maximum absolute atomic E-state index is 14.0. The number of aromatic nitrogens is 1. The molecule has 39 heavy (non-hydrogen) atoms. The number of benzene rings is 2. The van der Waals surface area contributed by atoms with Gasteiger partial charge in [-0.1, -0.05) is 44.8 Å². The number of fused-ring (bicyclic) bond motifs is 1. The van der Waals surface area contributed by atoms with Crippen molar-refractivity contribution >= 4 is 50.9 Å². The number of carbonyl (C=O) groups is 1. The first kappa shape index (κ1) is 28.5. The summed E-state index contributed by atoms with van der Waals surface area (Å²) in [6.07, 6.45) is 7.03. The van der Waals surface area contributed by atoms with Gasteiger partial charge in [-0.25, -0.2) is 9.79 Å². The summed E-state index contributed by atoms with van der Waals surface area (Å²) in [5, 5.41) is 0.467. The third kappa shape index (κ3) is 5.62. The Kier molecular flexibility index (Phi) is 8.85. The average Bonchev–Trinajstić information content (AvgIpc) is 3.21. The lowest BCUT2D eigenvalue weighted by Crippen LogP contribution is -2.40. The predicted octanol–water partition coefficient (Wildman–Crippen LogP) is 4.24. The molecule has 0 saturated carbocycles. The number of ether oxygens (including phenoxy) is 4. The van der Waals surface area contributed by atoms with Gasteiger partial charge in [-0.3, -0.25) is 9.36 Å². The zero-order chi connectivity index (χ0) is 28.3. The maximum atomic E-state index is 14.0. The van der Waals surface area contributed by atoms with Crippen molar-refractivity contribution in [3.8, 4) is 29.6 Å². The Hall–Kier alpha value is -3.52. The highest BCUT2D eigenvalue weighted by molar-refractivity contribution is 9.10. The van der Waals surface area contributed by atoms with Gasteiger partial charge in [0, 0.05) is 15.1 Å². The fraction of sp³-hybridized carbons (Fsp3) is 0.250. The van der Waals surface area contributed by atoms with Crippen LogP contribution in [0.2, 0.25) is 5.02 Å². The van der Waals surface area contributed by atoms with Crippen molar-refractivity contribution < 1.29 is 23.7 Å². The number of carbonyl (C=O) groups excluding carboxylic acids is 1. The fourth-order valence-electron chi connectivity index (χ4n) is 4.19. The number of halogens is 2. The first-order chi connectivity index (χ1) is 18.7. The maximum Gasteiger partial charge on any atom is 0.338 e. The first-order valence-corrected chi connectivity index (χ1v) is 13.7. The summed E-state index contributed by atoms with van der Waals surface area (Å²) in [6.45, 7) is 3.65. The molecule has 0 bridgehead atoms. The first-order valence-electron chi connectivity index (χ1n) is 11.7. The monoisotopic (exact) mass is 630 g/mol. The van der Waals surface area contributed by atoms with E-state index >= 15 is 0 Å². The molecule has 2 heterocycles. The molecule has 1 aromatic heterocycles. The van der Waals surface area contributed by atoms with Gasteiger partial charge in [0.1, 0.15) is 12.4 Å². The summed E-state index contributed by atoms with van der Waals surface area (Å²) in [5.74, 6) is 3.26. The Morgan fingerprint density at radius 3 is 2.62 bits per heavy atom. The number of nitrogens with zero attached hydrogens (tertiary/aromatic N) is 2. The van der Waals surface area contributed by atoms with E-state index in [9.17, 15) is 9.59 Å². The minimum atomic E-state index is -0.854. The van der Waals surface area contributed by atoms with Gasteiger partial charge in [-0.15, -0.1) is 6.42 Å². The van der Waals surface area contributed by atoms with Crippen LogP contribution in [0.1, 0.15) is 31.0 Å². The van der Waals surface area contributed by atoms with Crippen LogP contribution in [0.4, 0.5) is 0 Å². The van der Waals surface area contributed by atoms with Crippen molar-refractivity contribution in [2.75, 3.05) is 27.4 Å². The molecular weight excluding hydrogens is 608 g/mol. The quantitative estimate of drug-likeness (QED) is 0.273. The molecular formula is C28H24BrClN2O6S. The normalized spacial score (nSPS) is 14.8. The Balaban J connectivity index is 2.00. The molecule has 0 radical (unpaired) electrons. The summed E-state index contributed by atoms with van der Waals surface area (Å²) in [4.78, 5) is 32.2. The molecule has 4 rings (SSSR count). The van der Waals surface area contributed by atoms with E-state index in [0.717, 1.165) is 0 Å². The van der Waals surface area contributed by atoms with Crippen molar-refractivity contribution in [1.82, 2.24) is 4.57 Å². The molecule has 0 N–H and O–H groups in total. The zero-order valence-corrected chi connectivity index (χ0v) is 24.7. The number of allylic oxidation sites excluding steroid dienone is 1. The summed E-state index contributed by atoms with van der Waals surface area (Å²) in [5.41, 5.74) is 1.49. The molecule has 8 nitrogen and oxygen atoms in total. The third-order valence-electron chi connectivity index (χ3n) is 5.88. The number of terminal acetylenes is 1. The molecule has 1 aliphatic rings. The van der Waals surface area contributed by atoms with Gasteiger partial charge < -0.3 is 18.9 Å². The topological polar surface area (TPSA) is 88.3 Å². The summed E-state index contributed by atoms with van der Waals surface area (Å²) >= 11 is 11.0. The van der Waals surface area contributed by atoms with Crippen LogP contribution in [0.3, 0.4) is 0 Å². The van der Waals surface area contributed by atoms with E-state index in [2.05, 4.69) is 26.8 Å². The van der Waals surface area contributed by atoms with E-state index in [0.29, 0.717) is 52.9 Å². The van der Waals surface area contributed by atoms with E-state index in [-0.39, 0.29) is 24.3 Å². The van der Waals surface area contributed by atoms with Crippen LogP contribution in [0.25, 0.3) is 6.08 Å². The van der Waals surface area contributed by atoms with E-state index in [4.69, 9.17) is 37.0 Å². The molecule has 3 aromatic rings. The molecule has 202 valence electrons. The average molecular weight is 632 g/mol. The van der Waals surface area contributed by atoms with E-state index < -0.39 is 12.0 Å². The fourth-order valence-corrected chi connectivity index (χ4v) is 5.95. The van der Waals surface area contributed by atoms with Gasteiger partial charge >= 0.3 is 5.97 Å².